The van der Waals surface area contributed by atoms with E-state index in [4.69, 9.17) is 4.74 Å². The summed E-state index contributed by atoms with van der Waals surface area (Å²) in [5.41, 5.74) is 2.38. The monoisotopic (exact) mass is 489 g/mol. The smallest absolute Gasteiger partial charge is 0.262 e. The van der Waals surface area contributed by atoms with E-state index in [1.807, 2.05) is 79.0 Å². The van der Waals surface area contributed by atoms with Gasteiger partial charge in [0.25, 0.3) is 5.91 Å². The molecule has 34 heavy (non-hydrogen) atoms. The van der Waals surface area contributed by atoms with Gasteiger partial charge < -0.3 is 15.4 Å². The van der Waals surface area contributed by atoms with E-state index in [0.29, 0.717) is 16.6 Å². The Balaban J connectivity index is 1.44. The number of nitrogens with zero attached hydrogens (tertiary/aromatic N) is 1. The van der Waals surface area contributed by atoms with Gasteiger partial charge in [-0.3, -0.25) is 9.59 Å². The summed E-state index contributed by atoms with van der Waals surface area (Å²) in [5.74, 6) is 0.216. The number of ether oxygens (including phenoxy) is 1. The minimum Gasteiger partial charge on any atom is -0.484 e. The Hall–Kier alpha value is -3.62. The van der Waals surface area contributed by atoms with Gasteiger partial charge in [0.05, 0.1) is 5.69 Å². The SMILES string of the molecule is Cc1csc(NC(=O)C(Sc2cccc(NC(=O)COc3ccccc3)c2)c2ccccc2)n1. The Bertz CT molecular complexity index is 1250. The van der Waals surface area contributed by atoms with Crippen molar-refractivity contribution in [1.29, 1.82) is 0 Å². The highest BCUT2D eigenvalue weighted by atomic mass is 32.2. The zero-order valence-electron chi connectivity index (χ0n) is 18.4. The van der Waals surface area contributed by atoms with E-state index >= 15 is 0 Å². The van der Waals surface area contributed by atoms with Crippen molar-refractivity contribution in [3.63, 3.8) is 0 Å². The number of aryl methyl sites for hydroxylation is 1. The Morgan fingerprint density at radius 3 is 2.41 bits per heavy atom. The first-order valence-corrected chi connectivity index (χ1v) is 12.3. The Labute approximate surface area is 206 Å². The lowest BCUT2D eigenvalue weighted by Gasteiger charge is -2.17. The molecule has 4 aromatic rings. The van der Waals surface area contributed by atoms with E-state index in [2.05, 4.69) is 15.6 Å². The largest absolute Gasteiger partial charge is 0.484 e. The maximum atomic E-state index is 13.2. The first kappa shape index (κ1) is 23.5. The van der Waals surface area contributed by atoms with Gasteiger partial charge in [0.2, 0.25) is 5.91 Å². The standard InChI is InChI=1S/C26H23N3O3S2/c1-18-17-33-26(27-18)29-25(31)24(19-9-4-2-5-10-19)34-22-14-8-11-20(15-22)28-23(30)16-32-21-12-6-3-7-13-21/h2-15,17,24H,16H2,1H3,(H,28,30)(H,27,29,31). The lowest BCUT2D eigenvalue weighted by molar-refractivity contribution is -0.118. The van der Waals surface area contributed by atoms with Crippen LogP contribution in [0.5, 0.6) is 5.75 Å². The number of hydrogen-bond acceptors (Lipinski definition) is 6. The van der Waals surface area contributed by atoms with Crippen molar-refractivity contribution in [2.24, 2.45) is 0 Å². The van der Waals surface area contributed by atoms with Crippen molar-refractivity contribution in [1.82, 2.24) is 4.98 Å². The molecule has 0 aliphatic heterocycles. The van der Waals surface area contributed by atoms with Gasteiger partial charge in [-0.1, -0.05) is 54.6 Å². The Kier molecular flexibility index (Phi) is 7.95. The van der Waals surface area contributed by atoms with Crippen molar-refractivity contribution in [3.05, 3.63) is 102 Å². The van der Waals surface area contributed by atoms with Crippen LogP contribution in [0, 0.1) is 6.92 Å². The van der Waals surface area contributed by atoms with Gasteiger partial charge in [-0.25, -0.2) is 4.98 Å². The minimum absolute atomic E-state index is 0.0936. The maximum absolute atomic E-state index is 13.2. The topological polar surface area (TPSA) is 80.3 Å². The average Bonchev–Trinajstić information content (AvgIpc) is 3.27. The maximum Gasteiger partial charge on any atom is 0.262 e. The normalized spacial score (nSPS) is 11.4. The van der Waals surface area contributed by atoms with Crippen molar-refractivity contribution >= 4 is 45.7 Å². The highest BCUT2D eigenvalue weighted by molar-refractivity contribution is 8.00. The number of carbonyl (C=O) groups excluding carboxylic acids is 2. The fourth-order valence-electron chi connectivity index (χ4n) is 3.13. The third-order valence-corrected chi connectivity index (χ3v) is 6.80. The van der Waals surface area contributed by atoms with Gasteiger partial charge in [0.1, 0.15) is 11.0 Å². The molecule has 1 heterocycles. The number of anilines is 2. The summed E-state index contributed by atoms with van der Waals surface area (Å²) in [4.78, 5) is 30.7. The lowest BCUT2D eigenvalue weighted by Crippen LogP contribution is -2.20. The third-order valence-electron chi connectivity index (χ3n) is 4.67. The highest BCUT2D eigenvalue weighted by Gasteiger charge is 2.23. The number of thiazole rings is 1. The van der Waals surface area contributed by atoms with Crippen LogP contribution in [0.25, 0.3) is 0 Å². The molecule has 0 saturated carbocycles. The number of nitrogens with one attached hydrogen (secondary N) is 2. The minimum atomic E-state index is -0.488. The summed E-state index contributed by atoms with van der Waals surface area (Å²) in [7, 11) is 0. The lowest BCUT2D eigenvalue weighted by atomic mass is 10.1. The van der Waals surface area contributed by atoms with Crippen molar-refractivity contribution in [2.75, 3.05) is 17.2 Å². The molecule has 0 spiro atoms. The number of thioether (sulfide) groups is 1. The highest BCUT2D eigenvalue weighted by Crippen LogP contribution is 2.37. The zero-order valence-corrected chi connectivity index (χ0v) is 20.1. The number of carbonyl (C=O) groups is 2. The Morgan fingerprint density at radius 1 is 0.971 bits per heavy atom. The summed E-state index contributed by atoms with van der Waals surface area (Å²) in [5, 5.41) is 7.75. The molecule has 1 unspecified atom stereocenters. The molecule has 172 valence electrons. The van der Waals surface area contributed by atoms with Gasteiger partial charge in [-0.15, -0.1) is 23.1 Å². The van der Waals surface area contributed by atoms with Gasteiger partial charge in [-0.2, -0.15) is 0 Å². The van der Waals surface area contributed by atoms with Crippen LogP contribution in [-0.2, 0) is 9.59 Å². The molecule has 1 atom stereocenters. The number of hydrogen-bond donors (Lipinski definition) is 2. The van der Waals surface area contributed by atoms with Crippen LogP contribution in [0.2, 0.25) is 0 Å². The van der Waals surface area contributed by atoms with E-state index in [1.165, 1.54) is 23.1 Å². The molecule has 0 aliphatic carbocycles. The second kappa shape index (κ2) is 11.5. The van der Waals surface area contributed by atoms with Crippen molar-refractivity contribution in [2.45, 2.75) is 17.1 Å². The average molecular weight is 490 g/mol. The van der Waals surface area contributed by atoms with E-state index < -0.39 is 5.25 Å². The van der Waals surface area contributed by atoms with Crippen LogP contribution < -0.4 is 15.4 Å². The fourth-order valence-corrected chi connectivity index (χ4v) is 4.90. The van der Waals surface area contributed by atoms with Gasteiger partial charge in [0, 0.05) is 16.0 Å². The second-order valence-corrected chi connectivity index (χ2v) is 9.41. The number of aromatic nitrogens is 1. The van der Waals surface area contributed by atoms with Crippen LogP contribution in [0.4, 0.5) is 10.8 Å². The molecule has 2 N–H and O–H groups in total. The molecule has 0 aliphatic rings. The van der Waals surface area contributed by atoms with Gasteiger partial charge >= 0.3 is 0 Å². The van der Waals surface area contributed by atoms with E-state index in [-0.39, 0.29) is 18.4 Å². The molecule has 0 fully saturated rings. The predicted molar refractivity (Wildman–Crippen MR) is 138 cm³/mol. The zero-order chi connectivity index (χ0) is 23.8. The summed E-state index contributed by atoms with van der Waals surface area (Å²) in [6, 6.07) is 26.2. The summed E-state index contributed by atoms with van der Waals surface area (Å²) in [6.07, 6.45) is 0. The Morgan fingerprint density at radius 2 is 1.71 bits per heavy atom. The van der Waals surface area contributed by atoms with Gasteiger partial charge in [-0.05, 0) is 42.8 Å². The molecule has 0 saturated heterocycles. The molecule has 0 radical (unpaired) electrons. The van der Waals surface area contributed by atoms with E-state index in [9.17, 15) is 9.59 Å². The molecular formula is C26H23N3O3S2. The predicted octanol–water partition coefficient (Wildman–Crippen LogP) is 5.94. The van der Waals surface area contributed by atoms with Crippen LogP contribution >= 0.6 is 23.1 Å². The molecule has 6 nitrogen and oxygen atoms in total. The summed E-state index contributed by atoms with van der Waals surface area (Å²) >= 11 is 2.81. The van der Waals surface area contributed by atoms with E-state index in [0.717, 1.165) is 16.2 Å². The van der Waals surface area contributed by atoms with Crippen LogP contribution in [0.3, 0.4) is 0 Å². The quantitative estimate of drug-likeness (QED) is 0.284. The number of para-hydroxylation sites is 1. The van der Waals surface area contributed by atoms with Crippen molar-refractivity contribution in [3.8, 4) is 5.75 Å². The number of rotatable bonds is 9. The van der Waals surface area contributed by atoms with Crippen LogP contribution in [0.15, 0.2) is 95.2 Å². The summed E-state index contributed by atoms with van der Waals surface area (Å²) in [6.45, 7) is 1.80. The van der Waals surface area contributed by atoms with Gasteiger partial charge in [0.15, 0.2) is 11.7 Å². The van der Waals surface area contributed by atoms with E-state index in [1.54, 1.807) is 18.2 Å². The van der Waals surface area contributed by atoms with Crippen LogP contribution in [-0.4, -0.2) is 23.4 Å². The first-order chi connectivity index (χ1) is 16.6. The van der Waals surface area contributed by atoms with Crippen LogP contribution in [0.1, 0.15) is 16.5 Å². The molecule has 3 aromatic carbocycles. The molecule has 4 rings (SSSR count). The molecule has 8 heteroatoms. The van der Waals surface area contributed by atoms with Crippen molar-refractivity contribution < 1.29 is 14.3 Å². The third kappa shape index (κ3) is 6.69. The molecule has 0 bridgehead atoms. The molecule has 2 amide bonds. The molecular weight excluding hydrogens is 466 g/mol. The molecule has 1 aromatic heterocycles. The summed E-state index contributed by atoms with van der Waals surface area (Å²) < 4.78 is 5.51. The first-order valence-electron chi connectivity index (χ1n) is 10.6. The number of benzene rings is 3. The number of amides is 2. The second-order valence-electron chi connectivity index (χ2n) is 7.37. The fraction of sp³-hybridized carbons (Fsp3) is 0.115.